The van der Waals surface area contributed by atoms with Gasteiger partial charge in [-0.15, -0.1) is 0 Å². The number of hydrogen-bond acceptors (Lipinski definition) is 5. The molecule has 1 aliphatic heterocycles. The van der Waals surface area contributed by atoms with Crippen molar-refractivity contribution in [2.75, 3.05) is 27.3 Å². The predicted molar refractivity (Wildman–Crippen MR) is 119 cm³/mol. The first kappa shape index (κ1) is 23.7. The zero-order valence-corrected chi connectivity index (χ0v) is 19.6. The summed E-state index contributed by atoms with van der Waals surface area (Å²) in [7, 11) is -0.780. The average molecular weight is 487 g/mol. The molecule has 0 aliphatic carbocycles. The SMILES string of the molecule is COc1cccc(OC)c1CNC(=O)C1CCCN(S(=O)(=O)c2cc(Cl)ccc2Cl)C1. The lowest BCUT2D eigenvalue weighted by atomic mass is 9.98. The first-order valence-corrected chi connectivity index (χ1v) is 11.9. The van der Waals surface area contributed by atoms with Crippen molar-refractivity contribution in [2.24, 2.45) is 5.92 Å². The van der Waals surface area contributed by atoms with Gasteiger partial charge in [-0.1, -0.05) is 29.3 Å². The Balaban J connectivity index is 1.72. The molecule has 1 fully saturated rings. The molecule has 0 spiro atoms. The maximum atomic E-state index is 13.1. The van der Waals surface area contributed by atoms with Crippen molar-refractivity contribution in [2.45, 2.75) is 24.3 Å². The molecule has 1 saturated heterocycles. The second kappa shape index (κ2) is 10.1. The van der Waals surface area contributed by atoms with E-state index >= 15 is 0 Å². The largest absolute Gasteiger partial charge is 0.496 e. The molecule has 2 aromatic carbocycles. The molecule has 0 aromatic heterocycles. The molecule has 1 atom stereocenters. The van der Waals surface area contributed by atoms with Gasteiger partial charge in [0.05, 0.1) is 37.3 Å². The van der Waals surface area contributed by atoms with Gasteiger partial charge in [-0.05, 0) is 43.2 Å². The van der Waals surface area contributed by atoms with Gasteiger partial charge in [0.15, 0.2) is 0 Å². The fourth-order valence-electron chi connectivity index (χ4n) is 3.61. The summed E-state index contributed by atoms with van der Waals surface area (Å²) in [5, 5.41) is 3.26. The normalized spacial score (nSPS) is 17.2. The van der Waals surface area contributed by atoms with Crippen molar-refractivity contribution >= 4 is 39.1 Å². The highest BCUT2D eigenvalue weighted by Crippen LogP contribution is 2.31. The van der Waals surface area contributed by atoms with Crippen LogP contribution in [0.15, 0.2) is 41.3 Å². The van der Waals surface area contributed by atoms with Crippen LogP contribution < -0.4 is 14.8 Å². The molecule has 0 radical (unpaired) electrons. The summed E-state index contributed by atoms with van der Waals surface area (Å²) < 4.78 is 38.2. The second-order valence-corrected chi connectivity index (χ2v) is 9.89. The number of hydrogen-bond donors (Lipinski definition) is 1. The molecule has 10 heteroatoms. The lowest BCUT2D eigenvalue weighted by Crippen LogP contribution is -2.45. The molecule has 0 bridgehead atoms. The highest BCUT2D eigenvalue weighted by atomic mass is 35.5. The van der Waals surface area contributed by atoms with Crippen LogP contribution in [0.3, 0.4) is 0 Å². The van der Waals surface area contributed by atoms with Crippen LogP contribution in [0, 0.1) is 5.92 Å². The number of benzene rings is 2. The molecule has 3 rings (SSSR count). The summed E-state index contributed by atoms with van der Waals surface area (Å²) in [5.41, 5.74) is 0.715. The number of rotatable bonds is 7. The monoisotopic (exact) mass is 486 g/mol. The Morgan fingerprint density at radius 1 is 1.16 bits per heavy atom. The third kappa shape index (κ3) is 5.26. The van der Waals surface area contributed by atoms with Gasteiger partial charge < -0.3 is 14.8 Å². The number of nitrogens with zero attached hydrogens (tertiary/aromatic N) is 1. The van der Waals surface area contributed by atoms with Crippen LogP contribution in [-0.4, -0.2) is 45.9 Å². The molecule has 1 heterocycles. The summed E-state index contributed by atoms with van der Waals surface area (Å²) in [4.78, 5) is 12.8. The Morgan fingerprint density at radius 2 is 1.84 bits per heavy atom. The summed E-state index contributed by atoms with van der Waals surface area (Å²) in [6.07, 6.45) is 1.15. The van der Waals surface area contributed by atoms with E-state index in [9.17, 15) is 13.2 Å². The van der Waals surface area contributed by atoms with Gasteiger partial charge in [-0.2, -0.15) is 4.31 Å². The second-order valence-electron chi connectivity index (χ2n) is 7.14. The van der Waals surface area contributed by atoms with E-state index in [1.807, 2.05) is 0 Å². The van der Waals surface area contributed by atoms with Crippen molar-refractivity contribution in [3.63, 3.8) is 0 Å². The molecule has 7 nitrogen and oxygen atoms in total. The maximum Gasteiger partial charge on any atom is 0.244 e. The molecule has 1 aliphatic rings. The number of carbonyl (C=O) groups excluding carboxylic acids is 1. The van der Waals surface area contributed by atoms with Crippen LogP contribution in [0.25, 0.3) is 0 Å². The minimum Gasteiger partial charge on any atom is -0.496 e. The number of carbonyl (C=O) groups is 1. The van der Waals surface area contributed by atoms with E-state index in [0.29, 0.717) is 36.4 Å². The smallest absolute Gasteiger partial charge is 0.244 e. The van der Waals surface area contributed by atoms with Crippen molar-refractivity contribution in [3.8, 4) is 11.5 Å². The molecule has 168 valence electrons. The van der Waals surface area contributed by atoms with Gasteiger partial charge in [-0.3, -0.25) is 4.79 Å². The Kier molecular flexibility index (Phi) is 7.69. The van der Waals surface area contributed by atoms with Crippen molar-refractivity contribution in [3.05, 3.63) is 52.0 Å². The predicted octanol–water partition coefficient (Wildman–Crippen LogP) is 3.73. The van der Waals surface area contributed by atoms with Gasteiger partial charge in [0.1, 0.15) is 16.4 Å². The number of methoxy groups -OCH3 is 2. The van der Waals surface area contributed by atoms with Gasteiger partial charge in [0.25, 0.3) is 0 Å². The number of amides is 1. The van der Waals surface area contributed by atoms with E-state index in [-0.39, 0.29) is 33.9 Å². The molecular weight excluding hydrogens is 463 g/mol. The van der Waals surface area contributed by atoms with Crippen LogP contribution in [0.1, 0.15) is 18.4 Å². The van der Waals surface area contributed by atoms with Crippen molar-refractivity contribution in [1.82, 2.24) is 9.62 Å². The minimum atomic E-state index is -3.87. The third-order valence-corrected chi connectivity index (χ3v) is 7.82. The van der Waals surface area contributed by atoms with Gasteiger partial charge >= 0.3 is 0 Å². The van der Waals surface area contributed by atoms with E-state index in [1.165, 1.54) is 22.5 Å². The molecule has 1 unspecified atom stereocenters. The number of halogens is 2. The zero-order chi connectivity index (χ0) is 22.6. The lowest BCUT2D eigenvalue weighted by Gasteiger charge is -2.31. The summed E-state index contributed by atoms with van der Waals surface area (Å²) in [6.45, 7) is 0.588. The zero-order valence-electron chi connectivity index (χ0n) is 17.2. The van der Waals surface area contributed by atoms with Gasteiger partial charge in [-0.25, -0.2) is 8.42 Å². The molecule has 1 N–H and O–H groups in total. The number of nitrogens with one attached hydrogen (secondary N) is 1. The van der Waals surface area contributed by atoms with Gasteiger partial charge in [0, 0.05) is 18.1 Å². The first-order chi connectivity index (χ1) is 14.8. The van der Waals surface area contributed by atoms with Crippen LogP contribution in [-0.2, 0) is 21.4 Å². The van der Waals surface area contributed by atoms with Gasteiger partial charge in [0.2, 0.25) is 15.9 Å². The van der Waals surface area contributed by atoms with Crippen molar-refractivity contribution in [1.29, 1.82) is 0 Å². The lowest BCUT2D eigenvalue weighted by molar-refractivity contribution is -0.126. The Labute approximate surface area is 192 Å². The summed E-state index contributed by atoms with van der Waals surface area (Å²) >= 11 is 12.1. The summed E-state index contributed by atoms with van der Waals surface area (Å²) in [6, 6.07) is 9.68. The molecule has 2 aromatic rings. The Morgan fingerprint density at radius 3 is 2.48 bits per heavy atom. The maximum absolute atomic E-state index is 13.1. The van der Waals surface area contributed by atoms with E-state index in [2.05, 4.69) is 5.32 Å². The molecule has 1 amide bonds. The van der Waals surface area contributed by atoms with Crippen LogP contribution in [0.2, 0.25) is 10.0 Å². The number of piperidine rings is 1. The summed E-state index contributed by atoms with van der Waals surface area (Å²) in [5.74, 6) is 0.485. The topological polar surface area (TPSA) is 84.9 Å². The standard InChI is InChI=1S/C21H24Cl2N2O5S/c1-29-18-6-3-7-19(30-2)16(18)12-24-21(26)14-5-4-10-25(13-14)31(27,28)20-11-15(22)8-9-17(20)23/h3,6-9,11,14H,4-5,10,12-13H2,1-2H3,(H,24,26). The van der Waals surface area contributed by atoms with E-state index in [0.717, 1.165) is 0 Å². The molecule has 31 heavy (non-hydrogen) atoms. The van der Waals surface area contributed by atoms with E-state index < -0.39 is 15.9 Å². The minimum absolute atomic E-state index is 0.0542. The molecule has 0 saturated carbocycles. The van der Waals surface area contributed by atoms with Crippen LogP contribution >= 0.6 is 23.2 Å². The quantitative estimate of drug-likeness (QED) is 0.644. The number of sulfonamides is 1. The fourth-order valence-corrected chi connectivity index (χ4v) is 5.87. The first-order valence-electron chi connectivity index (χ1n) is 9.70. The highest BCUT2D eigenvalue weighted by Gasteiger charge is 2.34. The highest BCUT2D eigenvalue weighted by molar-refractivity contribution is 7.89. The van der Waals surface area contributed by atoms with E-state index in [1.54, 1.807) is 32.4 Å². The average Bonchev–Trinajstić information content (AvgIpc) is 2.78. The Hall–Kier alpha value is -2.00. The Bertz CT molecular complexity index is 1040. The van der Waals surface area contributed by atoms with Crippen LogP contribution in [0.4, 0.5) is 0 Å². The molecular formula is C21H24Cl2N2O5S. The van der Waals surface area contributed by atoms with Crippen molar-refractivity contribution < 1.29 is 22.7 Å². The van der Waals surface area contributed by atoms with E-state index in [4.69, 9.17) is 32.7 Å². The third-order valence-electron chi connectivity index (χ3n) is 5.24. The number of ether oxygens (including phenoxy) is 2. The van der Waals surface area contributed by atoms with Crippen LogP contribution in [0.5, 0.6) is 11.5 Å². The fraction of sp³-hybridized carbons (Fsp3) is 0.381.